The lowest BCUT2D eigenvalue weighted by Gasteiger charge is -2.14. The van der Waals surface area contributed by atoms with Gasteiger partial charge >= 0.3 is 0 Å². The van der Waals surface area contributed by atoms with Gasteiger partial charge in [-0.05, 0) is 0 Å². The first-order chi connectivity index (χ1) is 6.77. The molecule has 0 spiro atoms. The highest BCUT2D eigenvalue weighted by molar-refractivity contribution is 5.92. The molecule has 2 rings (SSSR count). The molecule has 4 N–H and O–H groups in total. The molecule has 14 heavy (non-hydrogen) atoms. The Labute approximate surface area is 80.7 Å². The highest BCUT2D eigenvalue weighted by Gasteiger charge is 2.26. The zero-order valence-electron chi connectivity index (χ0n) is 7.53. The van der Waals surface area contributed by atoms with Gasteiger partial charge in [0, 0.05) is 13.1 Å². The molecule has 0 unspecified atom stereocenters. The maximum atomic E-state index is 11.5. The number of aromatic nitrogens is 2. The molecule has 6 nitrogen and oxygen atoms in total. The van der Waals surface area contributed by atoms with E-state index in [0.717, 1.165) is 0 Å². The van der Waals surface area contributed by atoms with Crippen molar-refractivity contribution in [2.75, 3.05) is 13.1 Å². The number of aliphatic hydroxyl groups is 1. The third-order valence-electron chi connectivity index (χ3n) is 2.24. The van der Waals surface area contributed by atoms with E-state index in [4.69, 9.17) is 0 Å². The first-order valence-corrected chi connectivity index (χ1v) is 4.45. The van der Waals surface area contributed by atoms with Crippen molar-refractivity contribution in [2.45, 2.75) is 12.1 Å². The van der Waals surface area contributed by atoms with Crippen LogP contribution in [-0.4, -0.2) is 46.2 Å². The number of carbonyl (C=O) groups is 1. The first-order valence-electron chi connectivity index (χ1n) is 4.45. The molecule has 1 amide bonds. The van der Waals surface area contributed by atoms with E-state index in [1.54, 1.807) is 0 Å². The lowest BCUT2D eigenvalue weighted by atomic mass is 10.2. The summed E-state index contributed by atoms with van der Waals surface area (Å²) in [6.45, 7) is 1.12. The number of aliphatic hydroxyl groups excluding tert-OH is 1. The second kappa shape index (κ2) is 3.77. The first kappa shape index (κ1) is 9.17. The van der Waals surface area contributed by atoms with Gasteiger partial charge in [0.1, 0.15) is 5.69 Å². The van der Waals surface area contributed by atoms with Crippen LogP contribution in [-0.2, 0) is 0 Å². The Balaban J connectivity index is 1.95. The fourth-order valence-electron chi connectivity index (χ4n) is 1.44. The van der Waals surface area contributed by atoms with Crippen molar-refractivity contribution in [2.24, 2.45) is 0 Å². The van der Waals surface area contributed by atoms with Gasteiger partial charge in [0.15, 0.2) is 0 Å². The number of nitrogens with zero attached hydrogens (tertiary/aromatic N) is 1. The van der Waals surface area contributed by atoms with E-state index in [-0.39, 0.29) is 11.9 Å². The Morgan fingerprint density at radius 3 is 3.07 bits per heavy atom. The average molecular weight is 196 g/mol. The number of nitrogens with one attached hydrogen (secondary N) is 3. The van der Waals surface area contributed by atoms with Crippen LogP contribution >= 0.6 is 0 Å². The van der Waals surface area contributed by atoms with Crippen LogP contribution in [0.5, 0.6) is 0 Å². The fraction of sp³-hybridized carbons (Fsp3) is 0.500. The molecule has 1 aliphatic rings. The van der Waals surface area contributed by atoms with E-state index in [2.05, 4.69) is 20.6 Å². The van der Waals surface area contributed by atoms with E-state index in [0.29, 0.717) is 18.8 Å². The minimum atomic E-state index is -0.512. The number of hydrogen-bond acceptors (Lipinski definition) is 4. The van der Waals surface area contributed by atoms with E-state index in [1.165, 1.54) is 12.5 Å². The lowest BCUT2D eigenvalue weighted by molar-refractivity contribution is 0.0884. The van der Waals surface area contributed by atoms with E-state index >= 15 is 0 Å². The smallest absolute Gasteiger partial charge is 0.269 e. The monoisotopic (exact) mass is 196 g/mol. The van der Waals surface area contributed by atoms with Crippen LogP contribution in [0.25, 0.3) is 0 Å². The number of amides is 1. The Kier molecular flexibility index (Phi) is 2.47. The number of aromatic amines is 1. The summed E-state index contributed by atoms with van der Waals surface area (Å²) in [6, 6.07) is -0.217. The van der Waals surface area contributed by atoms with E-state index in [9.17, 15) is 9.90 Å². The van der Waals surface area contributed by atoms with Gasteiger partial charge in [-0.1, -0.05) is 0 Å². The highest BCUT2D eigenvalue weighted by atomic mass is 16.3. The predicted molar refractivity (Wildman–Crippen MR) is 48.7 cm³/mol. The third kappa shape index (κ3) is 1.75. The molecule has 6 heteroatoms. The molecule has 0 aromatic carbocycles. The molecule has 2 heterocycles. The lowest BCUT2D eigenvalue weighted by Crippen LogP contribution is -2.42. The quantitative estimate of drug-likeness (QED) is 0.462. The number of β-amino-alcohol motifs (C(OH)–C–C–N with tert-alkyl or cyclic N) is 1. The van der Waals surface area contributed by atoms with Crippen molar-refractivity contribution in [3.8, 4) is 0 Å². The summed E-state index contributed by atoms with van der Waals surface area (Å²) in [5.74, 6) is -0.241. The number of carbonyl (C=O) groups excluding carboxylic acids is 1. The molecular weight excluding hydrogens is 184 g/mol. The van der Waals surface area contributed by atoms with Gasteiger partial charge in [-0.15, -0.1) is 0 Å². The van der Waals surface area contributed by atoms with Crippen molar-refractivity contribution >= 4 is 5.91 Å². The van der Waals surface area contributed by atoms with Gasteiger partial charge in [-0.25, -0.2) is 4.98 Å². The van der Waals surface area contributed by atoms with E-state index in [1.807, 2.05) is 0 Å². The molecule has 1 fully saturated rings. The molecule has 2 atom stereocenters. The van der Waals surface area contributed by atoms with Gasteiger partial charge in [0.25, 0.3) is 5.91 Å². The van der Waals surface area contributed by atoms with Crippen molar-refractivity contribution in [1.29, 1.82) is 0 Å². The zero-order chi connectivity index (χ0) is 9.97. The molecule has 0 saturated carbocycles. The van der Waals surface area contributed by atoms with Crippen LogP contribution in [0.3, 0.4) is 0 Å². The summed E-state index contributed by atoms with van der Waals surface area (Å²) in [5, 5.41) is 15.1. The predicted octanol–water partition coefficient (Wildman–Crippen LogP) is -1.53. The summed E-state index contributed by atoms with van der Waals surface area (Å²) in [7, 11) is 0. The Bertz CT molecular complexity index is 311. The molecule has 1 aromatic heterocycles. The van der Waals surface area contributed by atoms with Crippen LogP contribution in [0.4, 0.5) is 0 Å². The van der Waals surface area contributed by atoms with Crippen LogP contribution in [0.2, 0.25) is 0 Å². The van der Waals surface area contributed by atoms with Crippen LogP contribution in [0, 0.1) is 0 Å². The van der Waals surface area contributed by atoms with Gasteiger partial charge in [-0.3, -0.25) is 4.79 Å². The minimum Gasteiger partial charge on any atom is -0.390 e. The Hall–Kier alpha value is -1.40. The van der Waals surface area contributed by atoms with Crippen molar-refractivity contribution < 1.29 is 9.90 Å². The molecule has 76 valence electrons. The minimum absolute atomic E-state index is 0.217. The normalized spacial score (nSPS) is 26.4. The second-order valence-electron chi connectivity index (χ2n) is 3.27. The number of rotatable bonds is 2. The van der Waals surface area contributed by atoms with Crippen molar-refractivity contribution in [1.82, 2.24) is 20.6 Å². The molecule has 0 radical (unpaired) electrons. The molecular formula is C8H12N4O2. The van der Waals surface area contributed by atoms with Crippen LogP contribution in [0.1, 0.15) is 10.5 Å². The largest absolute Gasteiger partial charge is 0.390 e. The van der Waals surface area contributed by atoms with Gasteiger partial charge < -0.3 is 20.7 Å². The fourth-order valence-corrected chi connectivity index (χ4v) is 1.44. The standard InChI is InChI=1S/C8H12N4O2/c13-7-3-9-1-5(7)12-8(14)6-2-10-4-11-6/h2,4-5,7,9,13H,1,3H2,(H,10,11)(H,12,14)/t5-,7-/m1/s1. The summed E-state index contributed by atoms with van der Waals surface area (Å²) in [4.78, 5) is 17.9. The Morgan fingerprint density at radius 2 is 2.50 bits per heavy atom. The maximum Gasteiger partial charge on any atom is 0.269 e. The number of imidazole rings is 1. The summed E-state index contributed by atoms with van der Waals surface area (Å²) < 4.78 is 0. The Morgan fingerprint density at radius 1 is 1.64 bits per heavy atom. The van der Waals surface area contributed by atoms with Gasteiger partial charge in [-0.2, -0.15) is 0 Å². The molecule has 1 saturated heterocycles. The van der Waals surface area contributed by atoms with Crippen LogP contribution < -0.4 is 10.6 Å². The average Bonchev–Trinajstić information content (AvgIpc) is 2.77. The zero-order valence-corrected chi connectivity index (χ0v) is 7.53. The second-order valence-corrected chi connectivity index (χ2v) is 3.27. The number of hydrogen-bond donors (Lipinski definition) is 4. The molecule has 0 aliphatic carbocycles. The summed E-state index contributed by atoms with van der Waals surface area (Å²) in [6.07, 6.45) is 2.38. The van der Waals surface area contributed by atoms with Crippen LogP contribution in [0.15, 0.2) is 12.5 Å². The topological polar surface area (TPSA) is 90.0 Å². The SMILES string of the molecule is O=C(N[C@@H]1CNC[C@H]1O)c1cnc[nH]1. The molecule has 1 aromatic rings. The summed E-state index contributed by atoms with van der Waals surface area (Å²) >= 11 is 0. The highest BCUT2D eigenvalue weighted by Crippen LogP contribution is 2.00. The number of H-pyrrole nitrogens is 1. The third-order valence-corrected chi connectivity index (χ3v) is 2.24. The molecule has 1 aliphatic heterocycles. The molecule has 0 bridgehead atoms. The van der Waals surface area contributed by atoms with Gasteiger partial charge in [0.05, 0.1) is 24.7 Å². The van der Waals surface area contributed by atoms with E-state index < -0.39 is 6.10 Å². The summed E-state index contributed by atoms with van der Waals surface area (Å²) in [5.41, 5.74) is 0.407. The maximum absolute atomic E-state index is 11.5. The van der Waals surface area contributed by atoms with Crippen molar-refractivity contribution in [3.63, 3.8) is 0 Å². The van der Waals surface area contributed by atoms with Gasteiger partial charge in [0.2, 0.25) is 0 Å². The van der Waals surface area contributed by atoms with Crippen molar-refractivity contribution in [3.05, 3.63) is 18.2 Å².